The van der Waals surface area contributed by atoms with Crippen molar-refractivity contribution in [3.8, 4) is 0 Å². The number of carboxylic acid groups (broad SMARTS) is 1. The topological polar surface area (TPSA) is 55.8 Å². The second kappa shape index (κ2) is 5.98. The van der Waals surface area contributed by atoms with Crippen LogP contribution in [0.1, 0.15) is 21.5 Å². The first kappa shape index (κ1) is 13.2. The van der Waals surface area contributed by atoms with E-state index in [1.54, 1.807) is 26.4 Å². The maximum Gasteiger partial charge on any atom is 0.335 e. The van der Waals surface area contributed by atoms with E-state index in [9.17, 15) is 4.79 Å². The fourth-order valence-corrected chi connectivity index (χ4v) is 1.85. The molecule has 0 unspecified atom stereocenters. The highest BCUT2D eigenvalue weighted by molar-refractivity contribution is 9.10. The van der Waals surface area contributed by atoms with E-state index in [0.717, 1.165) is 15.6 Å². The van der Waals surface area contributed by atoms with Gasteiger partial charge in [0.25, 0.3) is 0 Å². The smallest absolute Gasteiger partial charge is 0.335 e. The van der Waals surface area contributed by atoms with Crippen molar-refractivity contribution in [2.45, 2.75) is 13.2 Å². The molecule has 0 saturated carbocycles. The van der Waals surface area contributed by atoms with Gasteiger partial charge in [-0.15, -0.1) is 0 Å². The number of hydrogen-bond acceptors (Lipinski definition) is 3. The summed E-state index contributed by atoms with van der Waals surface area (Å²) < 4.78 is 10.9. The molecule has 16 heavy (non-hydrogen) atoms. The van der Waals surface area contributed by atoms with Crippen LogP contribution in [-0.4, -0.2) is 25.3 Å². The number of aromatic carboxylic acids is 1. The molecule has 1 aromatic rings. The highest BCUT2D eigenvalue weighted by atomic mass is 79.9. The monoisotopic (exact) mass is 288 g/mol. The van der Waals surface area contributed by atoms with Crippen molar-refractivity contribution < 1.29 is 19.4 Å². The third-order valence-electron chi connectivity index (χ3n) is 2.07. The van der Waals surface area contributed by atoms with Crippen molar-refractivity contribution in [2.75, 3.05) is 14.2 Å². The summed E-state index contributed by atoms with van der Waals surface area (Å²) in [5, 5.41) is 8.96. The van der Waals surface area contributed by atoms with Crippen molar-refractivity contribution in [2.24, 2.45) is 0 Å². The molecular weight excluding hydrogens is 276 g/mol. The van der Waals surface area contributed by atoms with Crippen molar-refractivity contribution in [1.29, 1.82) is 0 Å². The molecule has 0 bridgehead atoms. The summed E-state index contributed by atoms with van der Waals surface area (Å²) in [7, 11) is 3.13. The second-order valence-corrected chi connectivity index (χ2v) is 4.07. The summed E-state index contributed by atoms with van der Waals surface area (Å²) >= 11 is 3.41. The Morgan fingerprint density at radius 2 is 1.69 bits per heavy atom. The molecule has 0 radical (unpaired) electrons. The van der Waals surface area contributed by atoms with Crippen molar-refractivity contribution in [3.05, 3.63) is 33.3 Å². The first-order valence-corrected chi connectivity index (χ1v) is 5.42. The fourth-order valence-electron chi connectivity index (χ4n) is 1.39. The van der Waals surface area contributed by atoms with E-state index in [2.05, 4.69) is 15.9 Å². The quantitative estimate of drug-likeness (QED) is 0.904. The minimum atomic E-state index is -0.956. The summed E-state index contributed by atoms with van der Waals surface area (Å²) in [6, 6.07) is 3.18. The van der Waals surface area contributed by atoms with Crippen LogP contribution in [0.25, 0.3) is 0 Å². The second-order valence-electron chi connectivity index (χ2n) is 3.28. The number of halogens is 1. The van der Waals surface area contributed by atoms with Gasteiger partial charge in [-0.05, 0) is 23.3 Å². The highest BCUT2D eigenvalue weighted by Crippen LogP contribution is 2.25. The van der Waals surface area contributed by atoms with Crippen LogP contribution < -0.4 is 0 Å². The highest BCUT2D eigenvalue weighted by Gasteiger charge is 2.12. The van der Waals surface area contributed by atoms with Gasteiger partial charge < -0.3 is 14.6 Å². The summed E-state index contributed by atoms with van der Waals surface area (Å²) in [5.41, 5.74) is 1.84. The molecule has 0 heterocycles. The normalized spacial score (nSPS) is 10.4. The van der Waals surface area contributed by atoms with Gasteiger partial charge >= 0.3 is 5.97 Å². The molecule has 88 valence electrons. The zero-order valence-corrected chi connectivity index (χ0v) is 10.7. The van der Waals surface area contributed by atoms with Gasteiger partial charge in [-0.1, -0.05) is 15.9 Å². The van der Waals surface area contributed by atoms with E-state index < -0.39 is 5.97 Å². The van der Waals surface area contributed by atoms with Crippen LogP contribution in [0, 0.1) is 0 Å². The summed E-state index contributed by atoms with van der Waals surface area (Å²) in [6.07, 6.45) is 0. The maximum atomic E-state index is 10.9. The van der Waals surface area contributed by atoms with E-state index in [4.69, 9.17) is 14.6 Å². The molecule has 1 aromatic carbocycles. The molecule has 5 heteroatoms. The average molecular weight is 289 g/mol. The Labute approximate surface area is 102 Å². The Bertz CT molecular complexity index is 363. The van der Waals surface area contributed by atoms with Crippen molar-refractivity contribution in [3.63, 3.8) is 0 Å². The third kappa shape index (κ3) is 3.04. The summed E-state index contributed by atoms with van der Waals surface area (Å²) in [5.74, 6) is -0.956. The number of carbonyl (C=O) groups is 1. The zero-order valence-electron chi connectivity index (χ0n) is 9.12. The van der Waals surface area contributed by atoms with Gasteiger partial charge in [0, 0.05) is 18.7 Å². The molecule has 0 aliphatic rings. The van der Waals surface area contributed by atoms with Crippen LogP contribution >= 0.6 is 15.9 Å². The number of hydrogen-bond donors (Lipinski definition) is 1. The van der Waals surface area contributed by atoms with Crippen molar-refractivity contribution in [1.82, 2.24) is 0 Å². The molecule has 0 atom stereocenters. The lowest BCUT2D eigenvalue weighted by Crippen LogP contribution is -2.03. The molecule has 4 nitrogen and oxygen atoms in total. The Morgan fingerprint density at radius 3 is 2.00 bits per heavy atom. The molecule has 1 rings (SSSR count). The van der Waals surface area contributed by atoms with Gasteiger partial charge in [-0.3, -0.25) is 0 Å². The molecular formula is C11H13BrO4. The number of benzene rings is 1. The van der Waals surface area contributed by atoms with E-state index in [-0.39, 0.29) is 5.56 Å². The fraction of sp³-hybridized carbons (Fsp3) is 0.364. The van der Waals surface area contributed by atoms with Gasteiger partial charge in [0.1, 0.15) is 0 Å². The molecule has 0 aliphatic heterocycles. The lowest BCUT2D eigenvalue weighted by Gasteiger charge is -2.10. The largest absolute Gasteiger partial charge is 0.478 e. The summed E-state index contributed by atoms with van der Waals surface area (Å²) in [6.45, 7) is 0.719. The van der Waals surface area contributed by atoms with Crippen LogP contribution in [0.2, 0.25) is 0 Å². The van der Waals surface area contributed by atoms with Crippen LogP contribution in [0.5, 0.6) is 0 Å². The van der Waals surface area contributed by atoms with Crippen LogP contribution in [0.4, 0.5) is 0 Å². The van der Waals surface area contributed by atoms with Crippen LogP contribution in [0.15, 0.2) is 16.6 Å². The van der Waals surface area contributed by atoms with Gasteiger partial charge in [-0.2, -0.15) is 0 Å². The van der Waals surface area contributed by atoms with E-state index in [1.165, 1.54) is 0 Å². The molecule has 0 spiro atoms. The number of rotatable bonds is 5. The van der Waals surface area contributed by atoms with Crippen LogP contribution in [-0.2, 0) is 22.7 Å². The molecule has 0 amide bonds. The first-order valence-electron chi connectivity index (χ1n) is 4.62. The Balaban J connectivity index is 3.21. The number of ether oxygens (including phenoxy) is 2. The molecule has 0 aliphatic carbocycles. The lowest BCUT2D eigenvalue weighted by molar-refractivity contribution is 0.0696. The van der Waals surface area contributed by atoms with Gasteiger partial charge in [0.15, 0.2) is 0 Å². The minimum absolute atomic E-state index is 0.238. The van der Waals surface area contributed by atoms with Gasteiger partial charge in [0.2, 0.25) is 0 Å². The average Bonchev–Trinajstić information content (AvgIpc) is 2.24. The Morgan fingerprint density at radius 1 is 1.25 bits per heavy atom. The predicted molar refractivity (Wildman–Crippen MR) is 62.5 cm³/mol. The number of carboxylic acids is 1. The molecule has 1 N–H and O–H groups in total. The van der Waals surface area contributed by atoms with Crippen molar-refractivity contribution >= 4 is 21.9 Å². The molecule has 0 aromatic heterocycles. The van der Waals surface area contributed by atoms with Gasteiger partial charge in [-0.25, -0.2) is 4.79 Å². The zero-order chi connectivity index (χ0) is 12.1. The third-order valence-corrected chi connectivity index (χ3v) is 3.09. The Hall–Kier alpha value is -0.910. The predicted octanol–water partition coefficient (Wildman–Crippen LogP) is 2.44. The lowest BCUT2D eigenvalue weighted by atomic mass is 10.1. The van der Waals surface area contributed by atoms with E-state index in [1.807, 2.05) is 0 Å². The SMILES string of the molecule is COCc1cc(C(=O)O)cc(COC)c1Br. The molecule has 0 saturated heterocycles. The standard InChI is InChI=1S/C11H13BrO4/c1-15-5-8-3-7(11(13)14)4-9(6-16-2)10(8)12/h3-4H,5-6H2,1-2H3,(H,13,14). The minimum Gasteiger partial charge on any atom is -0.478 e. The first-order chi connectivity index (χ1) is 7.60. The Kier molecular flexibility index (Phi) is 4.92. The van der Waals surface area contributed by atoms with Gasteiger partial charge in [0.05, 0.1) is 18.8 Å². The van der Waals surface area contributed by atoms with E-state index in [0.29, 0.717) is 13.2 Å². The van der Waals surface area contributed by atoms with Crippen LogP contribution in [0.3, 0.4) is 0 Å². The molecule has 0 fully saturated rings. The van der Waals surface area contributed by atoms with E-state index >= 15 is 0 Å². The summed E-state index contributed by atoms with van der Waals surface area (Å²) in [4.78, 5) is 10.9. The number of methoxy groups -OCH3 is 2. The maximum absolute atomic E-state index is 10.9.